The fraction of sp³-hybridized carbons (Fsp3) is 0.386. The van der Waals surface area contributed by atoms with Crippen molar-refractivity contribution >= 4 is 23.4 Å². The number of nitrogens with one attached hydrogen (secondary N) is 1. The fourth-order valence-corrected chi connectivity index (χ4v) is 8.61. The van der Waals surface area contributed by atoms with Gasteiger partial charge in [0.2, 0.25) is 11.8 Å². The monoisotopic (exact) mass is 746 g/mol. The van der Waals surface area contributed by atoms with Crippen LogP contribution in [0, 0.1) is 12.7 Å². The molecule has 3 unspecified atom stereocenters. The Morgan fingerprint density at radius 1 is 0.909 bits per heavy atom. The molecule has 4 aliphatic heterocycles. The Morgan fingerprint density at radius 3 is 2.56 bits per heavy atom. The van der Waals surface area contributed by atoms with Crippen LogP contribution in [-0.2, 0) is 16.1 Å². The molecule has 2 N–H and O–H groups in total. The van der Waals surface area contributed by atoms with Gasteiger partial charge in [0, 0.05) is 73.9 Å². The van der Waals surface area contributed by atoms with E-state index in [-0.39, 0.29) is 47.4 Å². The van der Waals surface area contributed by atoms with Crippen LogP contribution < -0.4 is 19.7 Å². The van der Waals surface area contributed by atoms with Crippen LogP contribution in [0.3, 0.4) is 0 Å². The Kier molecular flexibility index (Phi) is 10.5. The summed E-state index contributed by atoms with van der Waals surface area (Å²) in [5.41, 5.74) is 6.68. The summed E-state index contributed by atoms with van der Waals surface area (Å²) in [6.07, 6.45) is 3.44. The van der Waals surface area contributed by atoms with Gasteiger partial charge in [-0.1, -0.05) is 42.0 Å². The van der Waals surface area contributed by atoms with Crippen LogP contribution in [0.25, 0.3) is 0 Å². The topological polar surface area (TPSA) is 112 Å². The normalized spacial score (nSPS) is 21.2. The number of aromatic hydroxyl groups is 1. The third-order valence-electron chi connectivity index (χ3n) is 11.6. The molecule has 2 saturated heterocycles. The molecule has 0 bridgehead atoms. The van der Waals surface area contributed by atoms with Crippen molar-refractivity contribution in [2.45, 2.75) is 63.5 Å². The number of phenols is 1. The first kappa shape index (κ1) is 36.6. The molecule has 4 aromatic carbocycles. The number of carbonyl (C=O) groups is 3. The number of ether oxygens (including phenoxy) is 2. The summed E-state index contributed by atoms with van der Waals surface area (Å²) >= 11 is 0. The highest BCUT2D eigenvalue weighted by Gasteiger charge is 2.39. The lowest BCUT2D eigenvalue weighted by molar-refractivity contribution is -0.136. The van der Waals surface area contributed by atoms with Crippen molar-refractivity contribution in [2.75, 3.05) is 50.8 Å². The molecule has 286 valence electrons. The number of unbranched alkanes of at least 4 members (excludes halogenated alkanes) is 2. The number of piperidine rings is 1. The molecule has 8 rings (SSSR count). The van der Waals surface area contributed by atoms with Crippen LogP contribution in [0.4, 0.5) is 10.1 Å². The summed E-state index contributed by atoms with van der Waals surface area (Å²) in [5.74, 6) is -0.362. The van der Waals surface area contributed by atoms with E-state index in [1.807, 2.05) is 30.3 Å². The Balaban J connectivity index is 0.794. The van der Waals surface area contributed by atoms with Gasteiger partial charge in [0.25, 0.3) is 5.91 Å². The maximum atomic E-state index is 15.6. The SMILES string of the molecule is Cc1cccc(C2COc3cc(O)ccc3C2c2ccc(OCCCCCN3CCN(c4ccc5c(c4)CN(C4CCC(=O)NC4=O)C5=O)CC3)c(F)c2)c1. The summed E-state index contributed by atoms with van der Waals surface area (Å²) in [6, 6.07) is 24.1. The number of halogens is 1. The quantitative estimate of drug-likeness (QED) is 0.136. The lowest BCUT2D eigenvalue weighted by Gasteiger charge is -2.36. The average Bonchev–Trinajstić information content (AvgIpc) is 3.51. The lowest BCUT2D eigenvalue weighted by atomic mass is 9.75. The van der Waals surface area contributed by atoms with Crippen LogP contribution in [-0.4, -0.2) is 84.6 Å². The summed E-state index contributed by atoms with van der Waals surface area (Å²) in [7, 11) is 0. The second-order valence-corrected chi connectivity index (χ2v) is 15.2. The van der Waals surface area contributed by atoms with Gasteiger partial charge in [0.05, 0.1) is 13.2 Å². The number of hydrogen-bond donors (Lipinski definition) is 2. The van der Waals surface area contributed by atoms with Crippen LogP contribution in [0.15, 0.2) is 78.9 Å². The van der Waals surface area contributed by atoms with E-state index in [0.29, 0.717) is 37.5 Å². The molecule has 0 saturated carbocycles. The van der Waals surface area contributed by atoms with Crippen molar-refractivity contribution in [2.24, 2.45) is 0 Å². The molecule has 4 heterocycles. The third kappa shape index (κ3) is 7.76. The van der Waals surface area contributed by atoms with Crippen LogP contribution >= 0.6 is 0 Å². The number of benzene rings is 4. The number of nitrogens with zero attached hydrogens (tertiary/aromatic N) is 3. The maximum Gasteiger partial charge on any atom is 0.255 e. The largest absolute Gasteiger partial charge is 0.508 e. The first-order valence-corrected chi connectivity index (χ1v) is 19.4. The number of piperazine rings is 1. The lowest BCUT2D eigenvalue weighted by Crippen LogP contribution is -2.52. The minimum Gasteiger partial charge on any atom is -0.508 e. The number of aryl methyl sites for hydroxylation is 1. The minimum atomic E-state index is -0.609. The fourth-order valence-electron chi connectivity index (χ4n) is 8.61. The van der Waals surface area contributed by atoms with Gasteiger partial charge in [0.15, 0.2) is 11.6 Å². The van der Waals surface area contributed by atoms with Gasteiger partial charge in [-0.3, -0.25) is 24.6 Å². The van der Waals surface area contributed by atoms with E-state index in [9.17, 15) is 19.5 Å². The number of phenolic OH excluding ortho intramolecular Hbond substituents is 1. The first-order valence-electron chi connectivity index (χ1n) is 19.4. The third-order valence-corrected chi connectivity index (χ3v) is 11.6. The predicted octanol–water partition coefficient (Wildman–Crippen LogP) is 6.28. The van der Waals surface area contributed by atoms with Gasteiger partial charge in [-0.2, -0.15) is 0 Å². The maximum absolute atomic E-state index is 15.6. The van der Waals surface area contributed by atoms with Crippen molar-refractivity contribution in [3.05, 3.63) is 118 Å². The van der Waals surface area contributed by atoms with E-state index in [4.69, 9.17) is 9.47 Å². The van der Waals surface area contributed by atoms with Crippen LogP contribution in [0.1, 0.15) is 82.1 Å². The molecule has 2 fully saturated rings. The highest BCUT2D eigenvalue weighted by molar-refractivity contribution is 6.05. The number of hydrogen-bond acceptors (Lipinski definition) is 8. The molecule has 55 heavy (non-hydrogen) atoms. The predicted molar refractivity (Wildman–Crippen MR) is 206 cm³/mol. The Hall–Kier alpha value is -5.42. The first-order chi connectivity index (χ1) is 26.7. The molecule has 0 aromatic heterocycles. The second kappa shape index (κ2) is 15.7. The van der Waals surface area contributed by atoms with Gasteiger partial charge in [0.1, 0.15) is 17.5 Å². The number of amides is 3. The number of rotatable bonds is 11. The molecular weight excluding hydrogens is 700 g/mol. The summed E-state index contributed by atoms with van der Waals surface area (Å²) in [6.45, 7) is 7.94. The molecule has 11 heteroatoms. The van der Waals surface area contributed by atoms with E-state index in [2.05, 4.69) is 46.3 Å². The number of carbonyl (C=O) groups excluding carboxylic acids is 3. The van der Waals surface area contributed by atoms with Crippen molar-refractivity contribution in [1.29, 1.82) is 0 Å². The smallest absolute Gasteiger partial charge is 0.255 e. The van der Waals surface area contributed by atoms with Gasteiger partial charge >= 0.3 is 0 Å². The molecule has 3 amide bonds. The second-order valence-electron chi connectivity index (χ2n) is 15.2. The number of anilines is 1. The molecule has 3 atom stereocenters. The summed E-state index contributed by atoms with van der Waals surface area (Å²) in [5, 5.41) is 12.5. The molecule has 10 nitrogen and oxygen atoms in total. The number of imide groups is 1. The van der Waals surface area contributed by atoms with Gasteiger partial charge < -0.3 is 24.4 Å². The molecule has 0 radical (unpaired) electrons. The van der Waals surface area contributed by atoms with E-state index >= 15 is 4.39 Å². The summed E-state index contributed by atoms with van der Waals surface area (Å²) < 4.78 is 27.6. The Labute approximate surface area is 320 Å². The summed E-state index contributed by atoms with van der Waals surface area (Å²) in [4.78, 5) is 43.5. The van der Waals surface area contributed by atoms with Crippen LogP contribution in [0.2, 0.25) is 0 Å². The molecular formula is C44H47FN4O6. The van der Waals surface area contributed by atoms with Crippen molar-refractivity contribution in [3.8, 4) is 17.2 Å². The van der Waals surface area contributed by atoms with Crippen molar-refractivity contribution < 1.29 is 33.4 Å². The molecule has 4 aromatic rings. The Morgan fingerprint density at radius 2 is 1.76 bits per heavy atom. The molecule has 0 aliphatic carbocycles. The zero-order chi connectivity index (χ0) is 38.1. The van der Waals surface area contributed by atoms with Crippen molar-refractivity contribution in [3.63, 3.8) is 0 Å². The van der Waals surface area contributed by atoms with Crippen molar-refractivity contribution in [1.82, 2.24) is 15.1 Å². The van der Waals surface area contributed by atoms with E-state index in [1.165, 1.54) is 0 Å². The van der Waals surface area contributed by atoms with E-state index in [1.54, 1.807) is 29.2 Å². The molecule has 0 spiro atoms. The van der Waals surface area contributed by atoms with Gasteiger partial charge in [-0.15, -0.1) is 0 Å². The minimum absolute atomic E-state index is 0.0167. The zero-order valence-corrected chi connectivity index (χ0v) is 31.1. The highest BCUT2D eigenvalue weighted by Crippen LogP contribution is 2.47. The highest BCUT2D eigenvalue weighted by atomic mass is 19.1. The van der Waals surface area contributed by atoms with Gasteiger partial charge in [-0.25, -0.2) is 4.39 Å². The van der Waals surface area contributed by atoms with E-state index < -0.39 is 11.9 Å². The van der Waals surface area contributed by atoms with Crippen LogP contribution in [0.5, 0.6) is 17.2 Å². The zero-order valence-electron chi connectivity index (χ0n) is 31.1. The van der Waals surface area contributed by atoms with Gasteiger partial charge in [-0.05, 0) is 92.2 Å². The number of fused-ring (bicyclic) bond motifs is 2. The average molecular weight is 747 g/mol. The molecule has 4 aliphatic rings. The van der Waals surface area contributed by atoms with E-state index in [0.717, 1.165) is 85.5 Å². The Bertz CT molecular complexity index is 2100. The standard InChI is InChI=1S/C44H47FN4O6/c1-28-6-5-7-29(22-28)36-27-55-40-25-33(50)10-12-35(40)42(36)30-8-14-39(37(45)24-30)54-21-4-2-3-16-47-17-19-48(20-18-47)32-9-11-34-31(23-32)26-49(44(34)53)38-13-15-41(51)46-43(38)52/h5-12,14,22-25,36,38,42,50H,2-4,13,15-21,26-27H2,1H3,(H,46,51,52).